The molecule has 15 heavy (non-hydrogen) atoms. The standard InChI is InChI=1S/C11H10N2O2/c14-9-5-6-13-10(9)12-8-4-2-1-3-7(8)11(13)15/h1-4,9,14H,5-6H2/t9-/m1/s1. The fourth-order valence-corrected chi connectivity index (χ4v) is 2.04. The monoisotopic (exact) mass is 202 g/mol. The van der Waals surface area contributed by atoms with Crippen LogP contribution in [0.2, 0.25) is 0 Å². The molecule has 0 saturated carbocycles. The maximum Gasteiger partial charge on any atom is 0.261 e. The van der Waals surface area contributed by atoms with Gasteiger partial charge in [-0.1, -0.05) is 12.1 Å². The maximum atomic E-state index is 12.0. The molecule has 2 heterocycles. The molecule has 1 aliphatic heterocycles. The summed E-state index contributed by atoms with van der Waals surface area (Å²) in [6.07, 6.45) is -0.0132. The van der Waals surface area contributed by atoms with Gasteiger partial charge >= 0.3 is 0 Å². The topological polar surface area (TPSA) is 55.1 Å². The van der Waals surface area contributed by atoms with Crippen LogP contribution in [0.5, 0.6) is 0 Å². The number of benzene rings is 1. The van der Waals surface area contributed by atoms with E-state index in [1.807, 2.05) is 12.1 Å². The molecule has 0 unspecified atom stereocenters. The van der Waals surface area contributed by atoms with Crippen LogP contribution in [-0.2, 0) is 6.54 Å². The first-order valence-electron chi connectivity index (χ1n) is 4.95. The number of aliphatic hydroxyl groups excluding tert-OH is 1. The Hall–Kier alpha value is -1.68. The largest absolute Gasteiger partial charge is 0.385 e. The Morgan fingerprint density at radius 2 is 2.20 bits per heavy atom. The van der Waals surface area contributed by atoms with E-state index in [9.17, 15) is 9.90 Å². The van der Waals surface area contributed by atoms with E-state index in [-0.39, 0.29) is 5.56 Å². The predicted octanol–water partition coefficient (Wildman–Crippen LogP) is 0.834. The highest BCUT2D eigenvalue weighted by Gasteiger charge is 2.23. The number of hydrogen-bond acceptors (Lipinski definition) is 3. The fourth-order valence-electron chi connectivity index (χ4n) is 2.04. The Morgan fingerprint density at radius 1 is 1.40 bits per heavy atom. The summed E-state index contributed by atoms with van der Waals surface area (Å²) < 4.78 is 1.56. The third-order valence-corrected chi connectivity index (χ3v) is 2.82. The number of aliphatic hydroxyl groups is 1. The molecule has 0 fully saturated rings. The number of hydrogen-bond donors (Lipinski definition) is 1. The second-order valence-electron chi connectivity index (χ2n) is 3.75. The molecule has 1 N–H and O–H groups in total. The Morgan fingerprint density at radius 3 is 3.07 bits per heavy atom. The van der Waals surface area contributed by atoms with Crippen LogP contribution in [0.3, 0.4) is 0 Å². The third kappa shape index (κ3) is 1.11. The van der Waals surface area contributed by atoms with Crippen molar-refractivity contribution in [2.45, 2.75) is 19.1 Å². The number of para-hydroxylation sites is 1. The summed E-state index contributed by atoms with van der Waals surface area (Å²) in [6.45, 7) is 0.563. The van der Waals surface area contributed by atoms with Gasteiger partial charge in [0.15, 0.2) is 0 Å². The van der Waals surface area contributed by atoms with Crippen LogP contribution in [0.25, 0.3) is 10.9 Å². The second-order valence-corrected chi connectivity index (χ2v) is 3.75. The summed E-state index contributed by atoms with van der Waals surface area (Å²) in [5.41, 5.74) is 0.613. The smallest absolute Gasteiger partial charge is 0.261 e. The summed E-state index contributed by atoms with van der Waals surface area (Å²) in [7, 11) is 0. The Kier molecular flexibility index (Phi) is 1.67. The van der Waals surface area contributed by atoms with Gasteiger partial charge in [0.2, 0.25) is 0 Å². The van der Waals surface area contributed by atoms with Gasteiger partial charge in [-0.15, -0.1) is 0 Å². The number of fused-ring (bicyclic) bond motifs is 2. The lowest BCUT2D eigenvalue weighted by Gasteiger charge is -2.05. The van der Waals surface area contributed by atoms with Crippen molar-refractivity contribution in [3.8, 4) is 0 Å². The molecule has 0 aliphatic carbocycles. The molecule has 0 radical (unpaired) electrons. The van der Waals surface area contributed by atoms with Gasteiger partial charge in [0.05, 0.1) is 10.9 Å². The summed E-state index contributed by atoms with van der Waals surface area (Å²) >= 11 is 0. The van der Waals surface area contributed by atoms with Crippen LogP contribution in [0.15, 0.2) is 29.1 Å². The molecule has 2 aromatic rings. The van der Waals surface area contributed by atoms with Crippen molar-refractivity contribution in [3.05, 3.63) is 40.4 Å². The number of aromatic nitrogens is 2. The van der Waals surface area contributed by atoms with Gasteiger partial charge in [-0.3, -0.25) is 9.36 Å². The molecule has 1 aromatic carbocycles. The summed E-state index contributed by atoms with van der Waals surface area (Å²) in [5, 5.41) is 10.3. The van der Waals surface area contributed by atoms with Gasteiger partial charge < -0.3 is 5.11 Å². The quantitative estimate of drug-likeness (QED) is 0.688. The fraction of sp³-hybridized carbons (Fsp3) is 0.273. The van der Waals surface area contributed by atoms with E-state index in [2.05, 4.69) is 4.98 Å². The van der Waals surface area contributed by atoms with E-state index in [0.717, 1.165) is 0 Å². The lowest BCUT2D eigenvalue weighted by Crippen LogP contribution is -2.21. The Balaban J connectivity index is 2.46. The van der Waals surface area contributed by atoms with E-state index < -0.39 is 6.10 Å². The molecule has 1 aromatic heterocycles. The van der Waals surface area contributed by atoms with E-state index in [1.54, 1.807) is 16.7 Å². The Bertz CT molecular complexity index is 589. The van der Waals surface area contributed by atoms with E-state index in [4.69, 9.17) is 0 Å². The van der Waals surface area contributed by atoms with Crippen LogP contribution in [-0.4, -0.2) is 14.7 Å². The predicted molar refractivity (Wildman–Crippen MR) is 55.6 cm³/mol. The van der Waals surface area contributed by atoms with Crippen LogP contribution in [0, 0.1) is 0 Å². The zero-order valence-corrected chi connectivity index (χ0v) is 8.05. The SMILES string of the molecule is O=c1c2ccccc2nc2n1CC[C@H]2O. The number of nitrogens with zero attached hydrogens (tertiary/aromatic N) is 2. The van der Waals surface area contributed by atoms with Gasteiger partial charge in [0.25, 0.3) is 5.56 Å². The van der Waals surface area contributed by atoms with Crippen molar-refractivity contribution in [2.75, 3.05) is 0 Å². The van der Waals surface area contributed by atoms with Gasteiger partial charge in [0, 0.05) is 6.54 Å². The van der Waals surface area contributed by atoms with Crippen molar-refractivity contribution in [2.24, 2.45) is 0 Å². The van der Waals surface area contributed by atoms with Crippen molar-refractivity contribution in [3.63, 3.8) is 0 Å². The molecule has 4 nitrogen and oxygen atoms in total. The first-order chi connectivity index (χ1) is 7.27. The number of rotatable bonds is 0. The molecule has 76 valence electrons. The molecule has 3 rings (SSSR count). The van der Waals surface area contributed by atoms with Gasteiger partial charge in [-0.2, -0.15) is 0 Å². The minimum atomic E-state index is -0.595. The lowest BCUT2D eigenvalue weighted by atomic mass is 10.2. The first-order valence-corrected chi connectivity index (χ1v) is 4.95. The molecule has 0 spiro atoms. The second kappa shape index (κ2) is 2.90. The lowest BCUT2D eigenvalue weighted by molar-refractivity contribution is 0.176. The molecular weight excluding hydrogens is 192 g/mol. The van der Waals surface area contributed by atoms with E-state index >= 15 is 0 Å². The van der Waals surface area contributed by atoms with Crippen LogP contribution >= 0.6 is 0 Å². The van der Waals surface area contributed by atoms with Crippen molar-refractivity contribution < 1.29 is 5.11 Å². The molecule has 1 aliphatic rings. The average molecular weight is 202 g/mol. The zero-order chi connectivity index (χ0) is 10.4. The van der Waals surface area contributed by atoms with Crippen molar-refractivity contribution >= 4 is 10.9 Å². The van der Waals surface area contributed by atoms with Gasteiger partial charge in [0.1, 0.15) is 11.9 Å². The van der Waals surface area contributed by atoms with Crippen LogP contribution in [0.1, 0.15) is 18.3 Å². The summed E-state index contributed by atoms with van der Waals surface area (Å²) in [6, 6.07) is 7.22. The molecule has 4 heteroatoms. The average Bonchev–Trinajstić information content (AvgIpc) is 2.62. The van der Waals surface area contributed by atoms with Gasteiger partial charge in [-0.25, -0.2) is 4.98 Å². The normalized spacial score (nSPS) is 19.4. The maximum absolute atomic E-state index is 12.0. The molecule has 1 atom stereocenters. The summed E-state index contributed by atoms with van der Waals surface area (Å²) in [4.78, 5) is 16.3. The highest BCUT2D eigenvalue weighted by molar-refractivity contribution is 5.77. The van der Waals surface area contributed by atoms with Crippen molar-refractivity contribution in [1.82, 2.24) is 9.55 Å². The first kappa shape index (κ1) is 8.61. The molecule has 0 amide bonds. The minimum absolute atomic E-state index is 0.0489. The highest BCUT2D eigenvalue weighted by atomic mass is 16.3. The summed E-state index contributed by atoms with van der Waals surface area (Å²) in [5.74, 6) is 0.499. The minimum Gasteiger partial charge on any atom is -0.385 e. The molecular formula is C11H10N2O2. The third-order valence-electron chi connectivity index (χ3n) is 2.82. The van der Waals surface area contributed by atoms with E-state index in [0.29, 0.717) is 29.7 Å². The highest BCUT2D eigenvalue weighted by Crippen LogP contribution is 2.22. The van der Waals surface area contributed by atoms with Crippen molar-refractivity contribution in [1.29, 1.82) is 0 Å². The zero-order valence-electron chi connectivity index (χ0n) is 8.05. The van der Waals surface area contributed by atoms with Crippen LogP contribution in [0.4, 0.5) is 0 Å². The molecule has 0 bridgehead atoms. The van der Waals surface area contributed by atoms with E-state index in [1.165, 1.54) is 0 Å². The van der Waals surface area contributed by atoms with Crippen LogP contribution < -0.4 is 5.56 Å². The Labute approximate surface area is 85.8 Å². The molecule has 0 saturated heterocycles. The van der Waals surface area contributed by atoms with Gasteiger partial charge in [-0.05, 0) is 18.6 Å².